The van der Waals surface area contributed by atoms with E-state index in [9.17, 15) is 10.1 Å². The molecule has 1 atom stereocenters. The maximum atomic E-state index is 10.7. The highest BCUT2D eigenvalue weighted by molar-refractivity contribution is 7.18. The maximum Gasteiger partial charge on any atom is 0.345 e. The first kappa shape index (κ1) is 14.9. The second kappa shape index (κ2) is 6.41. The second-order valence-corrected chi connectivity index (χ2v) is 6.15. The van der Waals surface area contributed by atoms with Gasteiger partial charge in [0, 0.05) is 13.3 Å². The number of ether oxygens (including phenoxy) is 1. The van der Waals surface area contributed by atoms with Gasteiger partial charge in [0.15, 0.2) is 5.13 Å². The van der Waals surface area contributed by atoms with Crippen molar-refractivity contribution in [2.24, 2.45) is 0 Å². The van der Waals surface area contributed by atoms with Gasteiger partial charge in [0.25, 0.3) is 0 Å². The summed E-state index contributed by atoms with van der Waals surface area (Å²) in [7, 11) is 1.67. The van der Waals surface area contributed by atoms with E-state index in [4.69, 9.17) is 4.74 Å². The third kappa shape index (κ3) is 3.09. The summed E-state index contributed by atoms with van der Waals surface area (Å²) in [5.41, 5.74) is 2.24. The van der Waals surface area contributed by atoms with Crippen molar-refractivity contribution in [3.63, 3.8) is 0 Å². The molecule has 0 spiro atoms. The highest BCUT2D eigenvalue weighted by atomic mass is 32.1. The van der Waals surface area contributed by atoms with Crippen LogP contribution in [0.4, 0.5) is 10.1 Å². The van der Waals surface area contributed by atoms with Crippen LogP contribution in [0.2, 0.25) is 0 Å². The first-order chi connectivity index (χ1) is 10.7. The molecule has 0 saturated carbocycles. The fraction of sp³-hybridized carbons (Fsp3) is 0.538. The third-order valence-electron chi connectivity index (χ3n) is 3.63. The number of nitro groups is 1. The van der Waals surface area contributed by atoms with Gasteiger partial charge in [-0.25, -0.2) is 4.98 Å². The molecular formula is C13H17N5O3S. The number of fused-ring (bicyclic) bond motifs is 1. The number of rotatable bonds is 6. The van der Waals surface area contributed by atoms with Crippen LogP contribution >= 0.6 is 11.3 Å². The highest BCUT2D eigenvalue weighted by Crippen LogP contribution is 2.34. The summed E-state index contributed by atoms with van der Waals surface area (Å²) >= 11 is 1.05. The molecule has 0 aromatic carbocycles. The molecule has 1 aliphatic rings. The second-order valence-electron chi connectivity index (χ2n) is 5.15. The van der Waals surface area contributed by atoms with E-state index in [0.29, 0.717) is 11.7 Å². The quantitative estimate of drug-likeness (QED) is 0.648. The predicted molar refractivity (Wildman–Crippen MR) is 82.2 cm³/mol. The third-order valence-corrected chi connectivity index (χ3v) is 4.51. The van der Waals surface area contributed by atoms with Gasteiger partial charge in [0.2, 0.25) is 0 Å². The molecule has 118 valence electrons. The smallest absolute Gasteiger partial charge is 0.345 e. The molecule has 2 aromatic rings. The molecule has 3 rings (SSSR count). The van der Waals surface area contributed by atoms with E-state index in [-0.39, 0.29) is 11.0 Å². The first-order valence-corrected chi connectivity index (χ1v) is 7.91. The number of anilines is 1. The Bertz CT molecular complexity index is 668. The van der Waals surface area contributed by atoms with Gasteiger partial charge < -0.3 is 10.1 Å². The van der Waals surface area contributed by atoms with Crippen LogP contribution in [0.15, 0.2) is 12.4 Å². The molecule has 0 radical (unpaired) electrons. The average Bonchev–Trinajstić information content (AvgIpc) is 3.12. The molecule has 1 aliphatic carbocycles. The highest BCUT2D eigenvalue weighted by Gasteiger charge is 2.25. The number of methoxy groups -OCH3 is 1. The summed E-state index contributed by atoms with van der Waals surface area (Å²) < 4.78 is 6.98. The van der Waals surface area contributed by atoms with Crippen LogP contribution in [0.25, 0.3) is 0 Å². The van der Waals surface area contributed by atoms with Gasteiger partial charge in [-0.3, -0.25) is 14.8 Å². The molecule has 2 heterocycles. The fourth-order valence-corrected chi connectivity index (χ4v) is 3.29. The van der Waals surface area contributed by atoms with Gasteiger partial charge in [0.05, 0.1) is 29.8 Å². The SMILES string of the molecule is COCCn1cc2c(n1)C(Nc1ncc([N+](=O)[O-])s1)CCC2. The first-order valence-electron chi connectivity index (χ1n) is 7.09. The zero-order valence-electron chi connectivity index (χ0n) is 12.2. The summed E-state index contributed by atoms with van der Waals surface area (Å²) in [6.45, 7) is 1.34. The molecule has 1 N–H and O–H groups in total. The summed E-state index contributed by atoms with van der Waals surface area (Å²) in [6.07, 6.45) is 6.37. The lowest BCUT2D eigenvalue weighted by molar-refractivity contribution is -0.380. The predicted octanol–water partition coefficient (Wildman–Crippen LogP) is 2.38. The van der Waals surface area contributed by atoms with E-state index in [1.165, 1.54) is 11.8 Å². The fourth-order valence-electron chi connectivity index (χ4n) is 2.60. The molecule has 22 heavy (non-hydrogen) atoms. The van der Waals surface area contributed by atoms with Crippen LogP contribution in [0, 0.1) is 10.1 Å². The molecule has 1 unspecified atom stereocenters. The molecule has 2 aromatic heterocycles. The topological polar surface area (TPSA) is 95.1 Å². The van der Waals surface area contributed by atoms with Gasteiger partial charge in [-0.1, -0.05) is 0 Å². The number of nitrogens with one attached hydrogen (secondary N) is 1. The molecule has 9 heteroatoms. The van der Waals surface area contributed by atoms with E-state index in [0.717, 1.165) is 42.8 Å². The van der Waals surface area contributed by atoms with Gasteiger partial charge in [-0.2, -0.15) is 5.10 Å². The van der Waals surface area contributed by atoms with Crippen molar-refractivity contribution < 1.29 is 9.66 Å². The molecule has 0 bridgehead atoms. The van der Waals surface area contributed by atoms with Crippen LogP contribution < -0.4 is 5.32 Å². The Kier molecular flexibility index (Phi) is 4.34. The van der Waals surface area contributed by atoms with Crippen LogP contribution in [0.1, 0.15) is 30.1 Å². The largest absolute Gasteiger partial charge is 0.383 e. The minimum absolute atomic E-state index is 0.0455. The monoisotopic (exact) mass is 323 g/mol. The Morgan fingerprint density at radius 3 is 3.23 bits per heavy atom. The van der Waals surface area contributed by atoms with E-state index in [1.54, 1.807) is 7.11 Å². The number of nitrogens with zero attached hydrogens (tertiary/aromatic N) is 4. The Hall–Kier alpha value is -2.00. The van der Waals surface area contributed by atoms with Crippen molar-refractivity contribution in [2.75, 3.05) is 19.0 Å². The van der Waals surface area contributed by atoms with Crippen LogP contribution in [-0.2, 0) is 17.7 Å². The molecule has 0 aliphatic heterocycles. The summed E-state index contributed by atoms with van der Waals surface area (Å²) in [6, 6.07) is 0.0540. The Morgan fingerprint density at radius 2 is 2.50 bits per heavy atom. The van der Waals surface area contributed by atoms with Gasteiger partial charge in [-0.15, -0.1) is 0 Å². The Morgan fingerprint density at radius 1 is 1.64 bits per heavy atom. The molecule has 0 saturated heterocycles. The van der Waals surface area contributed by atoms with Crippen molar-refractivity contribution in [1.82, 2.24) is 14.8 Å². The van der Waals surface area contributed by atoms with Crippen molar-refractivity contribution in [2.45, 2.75) is 31.8 Å². The van der Waals surface area contributed by atoms with Crippen molar-refractivity contribution in [1.29, 1.82) is 0 Å². The standard InChI is InChI=1S/C13H17N5O3S/c1-21-6-5-17-8-9-3-2-4-10(12(9)16-17)15-13-14-7-11(22-13)18(19)20/h7-8,10H,2-6H2,1H3,(H,14,15). The van der Waals surface area contributed by atoms with E-state index in [1.807, 2.05) is 4.68 Å². The van der Waals surface area contributed by atoms with E-state index >= 15 is 0 Å². The summed E-state index contributed by atoms with van der Waals surface area (Å²) in [4.78, 5) is 14.4. The number of thiazole rings is 1. The van der Waals surface area contributed by atoms with E-state index in [2.05, 4.69) is 21.6 Å². The van der Waals surface area contributed by atoms with Crippen molar-refractivity contribution in [3.8, 4) is 0 Å². The van der Waals surface area contributed by atoms with Crippen LogP contribution in [0.5, 0.6) is 0 Å². The lowest BCUT2D eigenvalue weighted by Gasteiger charge is -2.21. The molecular weight excluding hydrogens is 306 g/mol. The zero-order valence-corrected chi connectivity index (χ0v) is 13.0. The van der Waals surface area contributed by atoms with Crippen LogP contribution in [-0.4, -0.2) is 33.4 Å². The van der Waals surface area contributed by atoms with Gasteiger partial charge >= 0.3 is 5.00 Å². The van der Waals surface area contributed by atoms with Gasteiger partial charge in [0.1, 0.15) is 6.20 Å². The van der Waals surface area contributed by atoms with E-state index < -0.39 is 4.92 Å². The van der Waals surface area contributed by atoms with Crippen molar-refractivity contribution in [3.05, 3.63) is 33.8 Å². The molecule has 8 nitrogen and oxygen atoms in total. The molecule has 0 fully saturated rings. The minimum atomic E-state index is -0.422. The normalized spacial score (nSPS) is 17.2. The van der Waals surface area contributed by atoms with Crippen LogP contribution in [0.3, 0.4) is 0 Å². The minimum Gasteiger partial charge on any atom is -0.383 e. The zero-order chi connectivity index (χ0) is 15.5. The Labute approximate surface area is 131 Å². The average molecular weight is 323 g/mol. The molecule has 0 amide bonds. The number of aryl methyl sites for hydroxylation is 1. The summed E-state index contributed by atoms with van der Waals surface area (Å²) in [5.74, 6) is 0. The number of hydrogen-bond donors (Lipinski definition) is 1. The van der Waals surface area contributed by atoms with Gasteiger partial charge in [-0.05, 0) is 36.2 Å². The lowest BCUT2D eigenvalue weighted by Crippen LogP contribution is -2.17. The number of aromatic nitrogens is 3. The lowest BCUT2D eigenvalue weighted by atomic mass is 9.94. The summed E-state index contributed by atoms with van der Waals surface area (Å²) in [5, 5.41) is 19.2. The number of hydrogen-bond acceptors (Lipinski definition) is 7. The van der Waals surface area contributed by atoms with Crippen molar-refractivity contribution >= 4 is 21.5 Å². The Balaban J connectivity index is 1.75. The maximum absolute atomic E-state index is 10.7.